The molecular weight excluding hydrogens is 1150 g/mol. The number of hydrogen-bond donors (Lipinski definition) is 2. The Balaban J connectivity index is -0.0000000408. The van der Waals surface area contributed by atoms with Crippen molar-refractivity contribution in [3.63, 3.8) is 0 Å². The van der Waals surface area contributed by atoms with Crippen LogP contribution in [0.4, 0.5) is 0 Å². The Hall–Kier alpha value is -4.56. The minimum absolute atomic E-state index is 0.172. The maximum absolute atomic E-state index is 10.3. The van der Waals surface area contributed by atoms with Gasteiger partial charge in [0.15, 0.2) is 5.78 Å². The van der Waals surface area contributed by atoms with E-state index in [1.165, 1.54) is 125 Å². The zero-order valence-electron chi connectivity index (χ0n) is 72.2. The third kappa shape index (κ3) is 173. The van der Waals surface area contributed by atoms with Gasteiger partial charge in [-0.15, -0.1) is 0 Å². The van der Waals surface area contributed by atoms with Crippen LogP contribution < -0.4 is 10.9 Å². The lowest BCUT2D eigenvalue weighted by Crippen LogP contribution is -2.36. The molecule has 0 atom stereocenters. The zero-order valence-corrected chi connectivity index (χ0v) is 72.2. The molecule has 0 radical (unpaired) electrons. The Kier molecular flexibility index (Phi) is 261. The van der Waals surface area contributed by atoms with E-state index < -0.39 is 0 Å². The molecule has 8 heteroatoms. The SMILES string of the molecule is C1=NCCNN1.C=C1C=CCC1.C=C1C=CCCC1.C=C1C=NCC1.C=C1CCC=N1.C=C1CCCC1.C=C1CCCC=N1.C=C1CCCCC1.CC.CC.CC.CC.CC.CC.CC.CC.CC.CC.CC.CC.CC.CC.CC.CC.CC.CC.O=C1C=NCCC1. The van der Waals surface area contributed by atoms with Gasteiger partial charge >= 0.3 is 0 Å². The number of carbonyl (C=O) groups excluding carboxylic acids is 1. The van der Waals surface area contributed by atoms with Gasteiger partial charge in [0.2, 0.25) is 0 Å². The van der Waals surface area contributed by atoms with Crippen molar-refractivity contribution in [1.29, 1.82) is 0 Å². The number of rotatable bonds is 0. The van der Waals surface area contributed by atoms with Gasteiger partial charge in [0.05, 0.1) is 19.1 Å². The standard InChI is InChI=1S/C7H12.C7H10.C6H9N.C6H10.C6H8.C5H7NO.2C5H7N.C3H7N3.18C2H6/c2*1-7-5-3-2-4-6-7;1-6-4-2-3-5-7-6;2*1-6-4-2-3-5-6;7-5-2-1-3-6-4-5;1-5-2-3-6-4-5;1-5-3-2-4-6-5;1-2-5-6-3-4-1;18*1-2/h1-6H2;3,5H,1-2,4,6H2;5H,1-4H2;1-5H2;2,4H,1,3,5H2;4H,1-3H2;2*4H,1-3H2;3,5H,1-2H2,(H,4,6);18*1-2H3. The van der Waals surface area contributed by atoms with Crippen LogP contribution >= 0.6 is 0 Å². The van der Waals surface area contributed by atoms with E-state index in [0.717, 1.165) is 81.7 Å². The second kappa shape index (κ2) is 179. The van der Waals surface area contributed by atoms with Crippen molar-refractivity contribution in [3.8, 4) is 0 Å². The first-order chi connectivity index (χ1) is 46.2. The third-order valence-corrected chi connectivity index (χ3v) is 9.39. The highest BCUT2D eigenvalue weighted by atomic mass is 16.1. The highest BCUT2D eigenvalue weighted by molar-refractivity contribution is 6.27. The van der Waals surface area contributed by atoms with E-state index in [0.29, 0.717) is 6.42 Å². The van der Waals surface area contributed by atoms with Crippen LogP contribution in [-0.4, -0.2) is 63.2 Å². The molecule has 9 aliphatic rings. The van der Waals surface area contributed by atoms with Crippen molar-refractivity contribution in [3.05, 3.63) is 110 Å². The van der Waals surface area contributed by atoms with Gasteiger partial charge in [-0.25, -0.2) is 5.43 Å². The lowest BCUT2D eigenvalue weighted by atomic mass is 9.97. The summed E-state index contributed by atoms with van der Waals surface area (Å²) in [6.45, 7) is 102. The molecule has 9 rings (SSSR count). The number of aliphatic imine (C=N–C) groups is 5. The molecule has 0 amide bonds. The molecule has 0 aromatic heterocycles. The molecule has 2 N–H and O–H groups in total. The average Bonchev–Trinajstić information content (AvgIpc) is 4.76. The van der Waals surface area contributed by atoms with Crippen LogP contribution in [0, 0.1) is 0 Å². The van der Waals surface area contributed by atoms with Gasteiger partial charge in [-0.2, -0.15) is 0 Å². The predicted molar refractivity (Wildman–Crippen MR) is 461 cm³/mol. The second-order valence-corrected chi connectivity index (χ2v) is 15.2. The number of Topliss-reactive ketones (excluding diaryl/α,β-unsaturated/α-hetero) is 1. The molecule has 5 heterocycles. The van der Waals surface area contributed by atoms with Crippen molar-refractivity contribution >= 4 is 37.0 Å². The second-order valence-electron chi connectivity index (χ2n) is 15.2. The molecule has 0 saturated heterocycles. The van der Waals surface area contributed by atoms with E-state index in [-0.39, 0.29) is 5.78 Å². The summed E-state index contributed by atoms with van der Waals surface area (Å²) in [5.74, 6) is 0.172. The Labute approximate surface area is 600 Å². The van der Waals surface area contributed by atoms with Crippen LogP contribution in [0.15, 0.2) is 135 Å². The van der Waals surface area contributed by atoms with Gasteiger partial charge < -0.3 is 5.43 Å². The fourth-order valence-electron chi connectivity index (χ4n) is 5.84. The Bertz CT molecular complexity index is 1340. The quantitative estimate of drug-likeness (QED) is 0.236. The Morgan fingerprint density at radius 1 is 0.309 bits per heavy atom. The first-order valence-electron chi connectivity index (χ1n) is 39.7. The van der Waals surface area contributed by atoms with Crippen molar-refractivity contribution in [1.82, 2.24) is 10.9 Å². The Morgan fingerprint density at radius 2 is 0.681 bits per heavy atom. The molecule has 0 unspecified atom stereocenters. The van der Waals surface area contributed by atoms with Gasteiger partial charge in [0.25, 0.3) is 0 Å². The number of allylic oxidation sites excluding steroid dienone is 10. The smallest absolute Gasteiger partial charge is 0.173 e. The molecule has 2 saturated carbocycles. The summed E-state index contributed by atoms with van der Waals surface area (Å²) in [5, 5.41) is 0. The molecule has 94 heavy (non-hydrogen) atoms. The minimum atomic E-state index is 0.172. The number of nitrogens with zero attached hydrogens (tertiary/aromatic N) is 5. The summed E-state index contributed by atoms with van der Waals surface area (Å²) in [4.78, 5) is 29.8. The van der Waals surface area contributed by atoms with Gasteiger partial charge in [0.1, 0.15) is 0 Å². The fourth-order valence-corrected chi connectivity index (χ4v) is 5.84. The van der Waals surface area contributed by atoms with Crippen LogP contribution in [0.25, 0.3) is 0 Å². The topological polar surface area (TPSA) is 103 Å². The van der Waals surface area contributed by atoms with Gasteiger partial charge in [0, 0.05) is 56.1 Å². The summed E-state index contributed by atoms with van der Waals surface area (Å²) in [7, 11) is 0. The van der Waals surface area contributed by atoms with Crippen molar-refractivity contribution in [2.45, 2.75) is 391 Å². The number of carbonyl (C=O) groups is 1. The average molecular weight is 1330 g/mol. The van der Waals surface area contributed by atoms with Gasteiger partial charge in [-0.05, 0) is 134 Å². The van der Waals surface area contributed by atoms with E-state index in [9.17, 15) is 4.79 Å². The maximum Gasteiger partial charge on any atom is 0.173 e. The summed E-state index contributed by atoms with van der Waals surface area (Å²) in [6, 6.07) is 0. The van der Waals surface area contributed by atoms with Crippen molar-refractivity contribution in [2.24, 2.45) is 25.0 Å². The third-order valence-electron chi connectivity index (χ3n) is 9.39. The highest BCUT2D eigenvalue weighted by Gasteiger charge is 2.02. The predicted octanol–water partition coefficient (Wildman–Crippen LogP) is 30.9. The monoisotopic (exact) mass is 1330 g/mol. The molecule has 5 aliphatic heterocycles. The fraction of sp³-hybridized carbons (Fsp3) is 0.721. The molecule has 4 aliphatic carbocycles. The normalized spacial score (nSPS) is 13.8. The van der Waals surface area contributed by atoms with Crippen LogP contribution in [0.1, 0.15) is 391 Å². The molecule has 2 fully saturated rings. The molecule has 570 valence electrons. The molecule has 0 aromatic carbocycles. The van der Waals surface area contributed by atoms with E-state index in [4.69, 9.17) is 0 Å². The van der Waals surface area contributed by atoms with E-state index in [2.05, 4.69) is 106 Å². The number of nitrogens with one attached hydrogen (secondary N) is 2. The summed E-state index contributed by atoms with van der Waals surface area (Å²) < 4.78 is 0. The van der Waals surface area contributed by atoms with E-state index in [1.807, 2.05) is 268 Å². The Morgan fingerprint density at radius 3 is 0.809 bits per heavy atom. The van der Waals surface area contributed by atoms with Gasteiger partial charge in [-0.1, -0.05) is 348 Å². The first kappa shape index (κ1) is 137. The molecule has 8 nitrogen and oxygen atoms in total. The highest BCUT2D eigenvalue weighted by Crippen LogP contribution is 2.21. The van der Waals surface area contributed by atoms with Crippen LogP contribution in [-0.2, 0) is 4.79 Å². The number of hydrogen-bond acceptors (Lipinski definition) is 8. The molecule has 0 bridgehead atoms. The largest absolute Gasteiger partial charge is 0.312 e. The number of ketones is 1. The lowest BCUT2D eigenvalue weighted by Gasteiger charge is -2.10. The first-order valence-corrected chi connectivity index (χ1v) is 39.7. The van der Waals surface area contributed by atoms with Crippen molar-refractivity contribution in [2.75, 3.05) is 26.2 Å². The summed E-state index contributed by atoms with van der Waals surface area (Å²) in [6.07, 6.45) is 43.9. The zero-order chi connectivity index (χ0) is 78.3. The van der Waals surface area contributed by atoms with Crippen LogP contribution in [0.3, 0.4) is 0 Å². The van der Waals surface area contributed by atoms with E-state index in [1.54, 1.807) is 6.34 Å². The lowest BCUT2D eigenvalue weighted by molar-refractivity contribution is -0.112. The summed E-state index contributed by atoms with van der Waals surface area (Å²) in [5.41, 5.74) is 14.3. The van der Waals surface area contributed by atoms with Crippen LogP contribution in [0.5, 0.6) is 0 Å². The minimum Gasteiger partial charge on any atom is -0.312 e. The van der Waals surface area contributed by atoms with Crippen molar-refractivity contribution < 1.29 is 4.79 Å². The number of hydrazine groups is 1. The molecule has 0 aromatic rings. The van der Waals surface area contributed by atoms with Crippen LogP contribution in [0.2, 0.25) is 0 Å². The van der Waals surface area contributed by atoms with E-state index >= 15 is 0 Å². The summed E-state index contributed by atoms with van der Waals surface area (Å²) >= 11 is 0. The van der Waals surface area contributed by atoms with Gasteiger partial charge in [-0.3, -0.25) is 29.8 Å². The molecule has 0 spiro atoms. The molecular formula is C86H185N7O. The maximum atomic E-state index is 10.3.